The Morgan fingerprint density at radius 3 is 2.88 bits per heavy atom. The smallest absolute Gasteiger partial charge is 0.134 e. The molecule has 94 valence electrons. The van der Waals surface area contributed by atoms with Gasteiger partial charge in [0.05, 0.1) is 0 Å². The number of nitrogens with one attached hydrogen (secondary N) is 1. The zero-order valence-corrected chi connectivity index (χ0v) is 10.4. The van der Waals surface area contributed by atoms with Crippen molar-refractivity contribution < 1.29 is 0 Å². The summed E-state index contributed by atoms with van der Waals surface area (Å²) in [6, 6.07) is 2.63. The van der Waals surface area contributed by atoms with Gasteiger partial charge in [-0.05, 0) is 12.8 Å². The molecule has 0 saturated heterocycles. The molecule has 0 radical (unpaired) electrons. The molecule has 0 aromatic carbocycles. The molecule has 2 rings (SSSR count). The van der Waals surface area contributed by atoms with Gasteiger partial charge in [-0.2, -0.15) is 0 Å². The van der Waals surface area contributed by atoms with Gasteiger partial charge in [0.15, 0.2) is 0 Å². The number of aromatic nitrogens is 2. The van der Waals surface area contributed by atoms with Crippen LogP contribution in [-0.4, -0.2) is 36.1 Å². The average Bonchev–Trinajstić information content (AvgIpc) is 2.89. The molecule has 0 atom stereocenters. The summed E-state index contributed by atoms with van der Waals surface area (Å²) in [6.45, 7) is 1.35. The molecule has 0 aliphatic heterocycles. The maximum absolute atomic E-state index is 5.46. The third kappa shape index (κ3) is 3.06. The first-order valence-corrected chi connectivity index (χ1v) is 6.30. The van der Waals surface area contributed by atoms with E-state index in [1.807, 2.05) is 6.07 Å². The van der Waals surface area contributed by atoms with Crippen LogP contribution < -0.4 is 16.0 Å². The minimum atomic E-state index is 0.609. The Balaban J connectivity index is 2.03. The van der Waals surface area contributed by atoms with Gasteiger partial charge in [0.1, 0.15) is 18.0 Å². The first kappa shape index (κ1) is 12.1. The number of rotatable bonds is 5. The van der Waals surface area contributed by atoms with Crippen LogP contribution in [0.2, 0.25) is 0 Å². The minimum absolute atomic E-state index is 0.609. The lowest BCUT2D eigenvalue weighted by Crippen LogP contribution is -2.29. The molecule has 0 spiro atoms. The number of nitrogens with zero attached hydrogens (tertiary/aromatic N) is 3. The van der Waals surface area contributed by atoms with Crippen LogP contribution >= 0.6 is 0 Å². The van der Waals surface area contributed by atoms with Crippen molar-refractivity contribution in [2.24, 2.45) is 5.73 Å². The molecule has 0 bridgehead atoms. The number of hydrogen-bond acceptors (Lipinski definition) is 5. The fraction of sp³-hybridized carbons (Fsp3) is 0.667. The fourth-order valence-corrected chi connectivity index (χ4v) is 2.32. The van der Waals surface area contributed by atoms with Crippen molar-refractivity contribution in [3.05, 3.63) is 12.4 Å². The second-order valence-electron chi connectivity index (χ2n) is 4.53. The van der Waals surface area contributed by atoms with Gasteiger partial charge in [-0.3, -0.25) is 0 Å². The quantitative estimate of drug-likeness (QED) is 0.803. The molecule has 1 aromatic rings. The monoisotopic (exact) mass is 235 g/mol. The lowest BCUT2D eigenvalue weighted by molar-refractivity contribution is 0.646. The molecule has 1 aliphatic rings. The molecule has 3 N–H and O–H groups in total. The Morgan fingerprint density at radius 2 is 2.18 bits per heavy atom. The second-order valence-corrected chi connectivity index (χ2v) is 4.53. The number of nitrogens with two attached hydrogens (primary N) is 1. The van der Waals surface area contributed by atoms with Gasteiger partial charge in [-0.1, -0.05) is 12.8 Å². The summed E-state index contributed by atoms with van der Waals surface area (Å²) >= 11 is 0. The predicted octanol–water partition coefficient (Wildman–Crippen LogP) is 1.23. The third-order valence-electron chi connectivity index (χ3n) is 3.34. The highest BCUT2D eigenvalue weighted by atomic mass is 15.2. The minimum Gasteiger partial charge on any atom is -0.369 e. The first-order chi connectivity index (χ1) is 8.31. The van der Waals surface area contributed by atoms with Crippen LogP contribution in [0.4, 0.5) is 11.6 Å². The van der Waals surface area contributed by atoms with E-state index in [-0.39, 0.29) is 0 Å². The van der Waals surface area contributed by atoms with E-state index < -0.39 is 0 Å². The maximum atomic E-state index is 5.46. The molecule has 1 aliphatic carbocycles. The van der Waals surface area contributed by atoms with E-state index in [0.717, 1.165) is 18.2 Å². The molecule has 5 heteroatoms. The van der Waals surface area contributed by atoms with Gasteiger partial charge >= 0.3 is 0 Å². The van der Waals surface area contributed by atoms with Crippen LogP contribution in [0.5, 0.6) is 0 Å². The summed E-state index contributed by atoms with van der Waals surface area (Å²) in [5.41, 5.74) is 5.46. The molecule has 1 saturated carbocycles. The van der Waals surface area contributed by atoms with Gasteiger partial charge in [0.25, 0.3) is 0 Å². The van der Waals surface area contributed by atoms with E-state index in [9.17, 15) is 0 Å². The van der Waals surface area contributed by atoms with Gasteiger partial charge in [0.2, 0.25) is 0 Å². The Bertz CT molecular complexity index is 349. The SMILES string of the molecule is CN(c1cc(NCCN)ncn1)C1CCCC1. The van der Waals surface area contributed by atoms with Crippen molar-refractivity contribution >= 4 is 11.6 Å². The van der Waals surface area contributed by atoms with Crippen molar-refractivity contribution in [3.63, 3.8) is 0 Å². The normalized spacial score (nSPS) is 16.1. The maximum Gasteiger partial charge on any atom is 0.134 e. The fourth-order valence-electron chi connectivity index (χ4n) is 2.32. The van der Waals surface area contributed by atoms with Crippen LogP contribution in [0.25, 0.3) is 0 Å². The van der Waals surface area contributed by atoms with Crippen molar-refractivity contribution in [1.29, 1.82) is 0 Å². The van der Waals surface area contributed by atoms with E-state index in [1.165, 1.54) is 25.7 Å². The molecule has 5 nitrogen and oxygen atoms in total. The molecular weight excluding hydrogens is 214 g/mol. The summed E-state index contributed by atoms with van der Waals surface area (Å²) in [5, 5.41) is 3.18. The summed E-state index contributed by atoms with van der Waals surface area (Å²) in [4.78, 5) is 10.8. The second kappa shape index (κ2) is 5.82. The average molecular weight is 235 g/mol. The molecule has 1 aromatic heterocycles. The van der Waals surface area contributed by atoms with Crippen molar-refractivity contribution in [1.82, 2.24) is 9.97 Å². The Labute approximate surface area is 102 Å². The lowest BCUT2D eigenvalue weighted by Gasteiger charge is -2.25. The van der Waals surface area contributed by atoms with Crippen LogP contribution in [0.3, 0.4) is 0 Å². The van der Waals surface area contributed by atoms with E-state index in [4.69, 9.17) is 5.73 Å². The highest BCUT2D eigenvalue weighted by Crippen LogP contribution is 2.26. The third-order valence-corrected chi connectivity index (χ3v) is 3.34. The highest BCUT2D eigenvalue weighted by Gasteiger charge is 2.20. The number of hydrogen-bond donors (Lipinski definition) is 2. The summed E-state index contributed by atoms with van der Waals surface area (Å²) in [6.07, 6.45) is 6.81. The van der Waals surface area contributed by atoms with E-state index in [1.54, 1.807) is 6.33 Å². The molecule has 0 amide bonds. The van der Waals surface area contributed by atoms with Crippen LogP contribution in [0.15, 0.2) is 12.4 Å². The first-order valence-electron chi connectivity index (χ1n) is 6.30. The summed E-state index contributed by atoms with van der Waals surface area (Å²) in [7, 11) is 2.12. The standard InChI is InChI=1S/C12H21N5/c1-17(10-4-2-3-5-10)12-8-11(14-7-6-13)15-9-16-12/h8-10H,2-7,13H2,1H3,(H,14,15,16). The van der Waals surface area contributed by atoms with Crippen molar-refractivity contribution in [2.75, 3.05) is 30.4 Å². The Hall–Kier alpha value is -1.36. The van der Waals surface area contributed by atoms with E-state index >= 15 is 0 Å². The summed E-state index contributed by atoms with van der Waals surface area (Å²) < 4.78 is 0. The molecule has 1 heterocycles. The van der Waals surface area contributed by atoms with Gasteiger partial charge in [-0.25, -0.2) is 9.97 Å². The Morgan fingerprint density at radius 1 is 1.41 bits per heavy atom. The van der Waals surface area contributed by atoms with Gasteiger partial charge in [0, 0.05) is 32.2 Å². The Kier molecular flexibility index (Phi) is 4.14. The number of anilines is 2. The lowest BCUT2D eigenvalue weighted by atomic mass is 10.2. The summed E-state index contributed by atoms with van der Waals surface area (Å²) in [5.74, 6) is 1.84. The van der Waals surface area contributed by atoms with Crippen LogP contribution in [-0.2, 0) is 0 Å². The van der Waals surface area contributed by atoms with E-state index in [0.29, 0.717) is 12.6 Å². The van der Waals surface area contributed by atoms with Crippen LogP contribution in [0, 0.1) is 0 Å². The van der Waals surface area contributed by atoms with Crippen molar-refractivity contribution in [2.45, 2.75) is 31.7 Å². The molecule has 0 unspecified atom stereocenters. The topological polar surface area (TPSA) is 67.1 Å². The molecule has 1 fully saturated rings. The van der Waals surface area contributed by atoms with E-state index in [2.05, 4.69) is 27.2 Å². The van der Waals surface area contributed by atoms with Gasteiger partial charge in [-0.15, -0.1) is 0 Å². The van der Waals surface area contributed by atoms with Crippen molar-refractivity contribution in [3.8, 4) is 0 Å². The predicted molar refractivity (Wildman–Crippen MR) is 70.2 cm³/mol. The van der Waals surface area contributed by atoms with Gasteiger partial charge < -0.3 is 16.0 Å². The zero-order valence-electron chi connectivity index (χ0n) is 10.4. The zero-order chi connectivity index (χ0) is 12.1. The largest absolute Gasteiger partial charge is 0.369 e. The highest BCUT2D eigenvalue weighted by molar-refractivity contribution is 5.48. The van der Waals surface area contributed by atoms with Crippen LogP contribution in [0.1, 0.15) is 25.7 Å². The molecule has 17 heavy (non-hydrogen) atoms. The molecular formula is C12H21N5.